The van der Waals surface area contributed by atoms with E-state index in [0.29, 0.717) is 0 Å². The molecule has 0 aliphatic heterocycles. The molecule has 0 aliphatic carbocycles. The highest BCUT2D eigenvalue weighted by molar-refractivity contribution is 7.89. The first kappa shape index (κ1) is 17.1. The average Bonchev–Trinajstić information content (AvgIpc) is 2.14. The average molecular weight is 293 g/mol. The molecule has 1 unspecified atom stereocenters. The quantitative estimate of drug-likeness (QED) is 0.661. The van der Waals surface area contributed by atoms with E-state index in [1.54, 1.807) is 6.92 Å². The van der Waals surface area contributed by atoms with Gasteiger partial charge in [0.25, 0.3) is 0 Å². The zero-order valence-corrected chi connectivity index (χ0v) is 10.6. The van der Waals surface area contributed by atoms with Crippen molar-refractivity contribution in [3.8, 4) is 0 Å². The Bertz CT molecular complexity index is 394. The Kier molecular flexibility index (Phi) is 5.56. The normalized spacial score (nSPS) is 16.3. The summed E-state index contributed by atoms with van der Waals surface area (Å²) >= 11 is 0. The van der Waals surface area contributed by atoms with Crippen molar-refractivity contribution in [3.05, 3.63) is 0 Å². The van der Waals surface area contributed by atoms with Gasteiger partial charge in [-0.25, -0.2) is 13.2 Å². The first-order chi connectivity index (χ1) is 7.96. The number of rotatable bonds is 7. The highest BCUT2D eigenvalue weighted by atomic mass is 32.2. The molecule has 0 bridgehead atoms. The number of nitrogens with one attached hydrogen (secondary N) is 1. The molecule has 10 heteroatoms. The number of ether oxygens (including phenoxy) is 1. The summed E-state index contributed by atoms with van der Waals surface area (Å²) < 4.78 is 66.1. The fraction of sp³-hybridized carbons (Fsp3) is 0.875. The molecule has 0 saturated carbocycles. The van der Waals surface area contributed by atoms with Crippen LogP contribution in [0.5, 0.6) is 0 Å². The topological polar surface area (TPSA) is 92.7 Å². The zero-order chi connectivity index (χ0) is 14.6. The van der Waals surface area contributed by atoms with Crippen molar-refractivity contribution in [2.24, 2.45) is 0 Å². The highest BCUT2D eigenvalue weighted by Gasteiger charge is 2.59. The SMILES string of the molecule is CCOCCS(=O)(=O)NC(C)(C(=O)O)C(F)(F)F. The molecule has 0 aromatic heterocycles. The molecule has 0 amide bonds. The van der Waals surface area contributed by atoms with Crippen molar-refractivity contribution in [1.29, 1.82) is 0 Å². The summed E-state index contributed by atoms with van der Waals surface area (Å²) in [5.41, 5.74) is -3.56. The van der Waals surface area contributed by atoms with Crippen LogP contribution >= 0.6 is 0 Å². The number of hydrogen-bond donors (Lipinski definition) is 2. The van der Waals surface area contributed by atoms with Crippen LogP contribution in [-0.4, -0.2) is 50.2 Å². The molecule has 0 spiro atoms. The van der Waals surface area contributed by atoms with Crippen LogP contribution in [0.4, 0.5) is 13.2 Å². The molecule has 0 heterocycles. The fourth-order valence-electron chi connectivity index (χ4n) is 0.898. The molecule has 0 fully saturated rings. The van der Waals surface area contributed by atoms with E-state index in [2.05, 4.69) is 4.74 Å². The first-order valence-electron chi connectivity index (χ1n) is 4.86. The van der Waals surface area contributed by atoms with Crippen LogP contribution < -0.4 is 4.72 Å². The first-order valence-corrected chi connectivity index (χ1v) is 6.51. The second-order valence-corrected chi connectivity index (χ2v) is 5.39. The Morgan fingerprint density at radius 1 is 1.39 bits per heavy atom. The molecule has 108 valence electrons. The summed E-state index contributed by atoms with van der Waals surface area (Å²) in [6, 6.07) is 0. The maximum atomic E-state index is 12.5. The summed E-state index contributed by atoms with van der Waals surface area (Å²) in [5, 5.41) is 8.52. The fourth-order valence-corrected chi connectivity index (χ4v) is 2.16. The summed E-state index contributed by atoms with van der Waals surface area (Å²) in [5.74, 6) is -3.07. The van der Waals surface area contributed by atoms with Crippen molar-refractivity contribution in [3.63, 3.8) is 0 Å². The van der Waals surface area contributed by atoms with Gasteiger partial charge in [-0.1, -0.05) is 0 Å². The third-order valence-corrected chi connectivity index (χ3v) is 3.48. The van der Waals surface area contributed by atoms with Crippen molar-refractivity contribution < 1.29 is 36.2 Å². The zero-order valence-electron chi connectivity index (χ0n) is 9.74. The molecule has 18 heavy (non-hydrogen) atoms. The van der Waals surface area contributed by atoms with E-state index in [1.165, 1.54) is 0 Å². The second kappa shape index (κ2) is 5.85. The number of aliphatic carboxylic acids is 1. The van der Waals surface area contributed by atoms with Crippen molar-refractivity contribution in [1.82, 2.24) is 4.72 Å². The summed E-state index contributed by atoms with van der Waals surface area (Å²) in [6.45, 7) is 1.70. The number of alkyl halides is 3. The molecule has 6 nitrogen and oxygen atoms in total. The van der Waals surface area contributed by atoms with Gasteiger partial charge in [0, 0.05) is 6.61 Å². The summed E-state index contributed by atoms with van der Waals surface area (Å²) in [6.07, 6.45) is -5.25. The number of carboxylic acid groups (broad SMARTS) is 1. The minimum atomic E-state index is -5.25. The monoisotopic (exact) mass is 293 g/mol. The van der Waals surface area contributed by atoms with E-state index in [9.17, 15) is 26.4 Å². The summed E-state index contributed by atoms with van der Waals surface area (Å²) in [4.78, 5) is 10.6. The number of sulfonamides is 1. The molecule has 0 radical (unpaired) electrons. The van der Waals surface area contributed by atoms with Crippen LogP contribution in [0.1, 0.15) is 13.8 Å². The van der Waals surface area contributed by atoms with Gasteiger partial charge in [0.1, 0.15) is 0 Å². The number of carboxylic acids is 1. The maximum absolute atomic E-state index is 12.5. The van der Waals surface area contributed by atoms with E-state index in [1.807, 2.05) is 0 Å². The maximum Gasteiger partial charge on any atom is 0.418 e. The molecular formula is C8H14F3NO5S. The predicted molar refractivity (Wildman–Crippen MR) is 55.5 cm³/mol. The standard InChI is InChI=1S/C8H14F3NO5S/c1-3-17-4-5-18(15,16)12-7(2,6(13)14)8(9,10)11/h12H,3-5H2,1-2H3,(H,13,14). The van der Waals surface area contributed by atoms with Crippen LogP contribution in [0.15, 0.2) is 0 Å². The van der Waals surface area contributed by atoms with Crippen molar-refractivity contribution >= 4 is 16.0 Å². The molecule has 1 atom stereocenters. The van der Waals surface area contributed by atoms with Gasteiger partial charge >= 0.3 is 12.1 Å². The third kappa shape index (κ3) is 4.42. The van der Waals surface area contributed by atoms with E-state index in [4.69, 9.17) is 5.11 Å². The lowest BCUT2D eigenvalue weighted by Crippen LogP contribution is -2.62. The molecule has 0 aromatic rings. The van der Waals surface area contributed by atoms with Gasteiger partial charge in [-0.2, -0.15) is 17.9 Å². The second-order valence-electron chi connectivity index (χ2n) is 3.55. The Morgan fingerprint density at radius 2 is 1.89 bits per heavy atom. The third-order valence-electron chi connectivity index (χ3n) is 2.05. The number of hydrogen-bond acceptors (Lipinski definition) is 4. The van der Waals surface area contributed by atoms with Crippen LogP contribution in [-0.2, 0) is 19.6 Å². The van der Waals surface area contributed by atoms with Gasteiger partial charge in [-0.15, -0.1) is 0 Å². The van der Waals surface area contributed by atoms with Crippen molar-refractivity contribution in [2.45, 2.75) is 25.6 Å². The molecule has 0 aliphatic rings. The van der Waals surface area contributed by atoms with Gasteiger partial charge in [-0.05, 0) is 13.8 Å². The van der Waals surface area contributed by atoms with Gasteiger partial charge in [0.2, 0.25) is 15.6 Å². The van der Waals surface area contributed by atoms with Gasteiger partial charge in [0.15, 0.2) is 0 Å². The van der Waals surface area contributed by atoms with E-state index in [-0.39, 0.29) is 20.1 Å². The van der Waals surface area contributed by atoms with Crippen LogP contribution in [0, 0.1) is 0 Å². The molecule has 0 saturated heterocycles. The lowest BCUT2D eigenvalue weighted by Gasteiger charge is -2.28. The van der Waals surface area contributed by atoms with E-state index < -0.39 is 33.5 Å². The van der Waals surface area contributed by atoms with Gasteiger partial charge in [-0.3, -0.25) is 0 Å². The molecule has 0 aromatic carbocycles. The number of halogens is 3. The van der Waals surface area contributed by atoms with E-state index in [0.717, 1.165) is 4.72 Å². The van der Waals surface area contributed by atoms with Crippen LogP contribution in [0.3, 0.4) is 0 Å². The van der Waals surface area contributed by atoms with Crippen LogP contribution in [0.25, 0.3) is 0 Å². The van der Waals surface area contributed by atoms with E-state index >= 15 is 0 Å². The van der Waals surface area contributed by atoms with Crippen molar-refractivity contribution in [2.75, 3.05) is 19.0 Å². The lowest BCUT2D eigenvalue weighted by molar-refractivity contribution is -0.201. The molecular weight excluding hydrogens is 279 g/mol. The molecule has 0 rings (SSSR count). The highest BCUT2D eigenvalue weighted by Crippen LogP contribution is 2.31. The Morgan fingerprint density at radius 3 is 2.22 bits per heavy atom. The Balaban J connectivity index is 4.97. The lowest BCUT2D eigenvalue weighted by atomic mass is 10.0. The Hall–Kier alpha value is -0.870. The number of carbonyl (C=O) groups is 1. The minimum Gasteiger partial charge on any atom is -0.480 e. The van der Waals surface area contributed by atoms with Gasteiger partial charge < -0.3 is 9.84 Å². The molecule has 2 N–H and O–H groups in total. The van der Waals surface area contributed by atoms with Gasteiger partial charge in [0.05, 0.1) is 12.4 Å². The van der Waals surface area contributed by atoms with Crippen LogP contribution in [0.2, 0.25) is 0 Å². The largest absolute Gasteiger partial charge is 0.480 e. The Labute approximate surface area is 102 Å². The smallest absolute Gasteiger partial charge is 0.418 e. The summed E-state index contributed by atoms with van der Waals surface area (Å²) in [7, 11) is -4.42. The predicted octanol–water partition coefficient (Wildman–Crippen LogP) is 0.348. The minimum absolute atomic E-state index is 0.199.